The summed E-state index contributed by atoms with van der Waals surface area (Å²) in [6.45, 7) is 1.69. The van der Waals surface area contributed by atoms with Crippen molar-refractivity contribution in [3.63, 3.8) is 0 Å². The number of carbonyl (C=O) groups is 2. The Balaban J connectivity index is 2.01. The summed E-state index contributed by atoms with van der Waals surface area (Å²) < 4.78 is 0. The Morgan fingerprint density at radius 3 is 2.82 bits per heavy atom. The summed E-state index contributed by atoms with van der Waals surface area (Å²) in [5.74, 6) is -0.647. The average molecular weight is 318 g/mol. The van der Waals surface area contributed by atoms with E-state index in [0.717, 1.165) is 4.90 Å². The quantitative estimate of drug-likeness (QED) is 0.671. The van der Waals surface area contributed by atoms with Gasteiger partial charge in [-0.1, -0.05) is 17.7 Å². The number of hydrogen-bond donors (Lipinski definition) is 1. The second-order valence-corrected chi connectivity index (χ2v) is 5.38. The first-order chi connectivity index (χ1) is 10.5. The molecule has 2 unspecified atom stereocenters. The van der Waals surface area contributed by atoms with Crippen LogP contribution in [0.4, 0.5) is 4.79 Å². The molecule has 1 aromatic heterocycles. The maximum atomic E-state index is 12.7. The Bertz CT molecular complexity index is 754. The second kappa shape index (κ2) is 5.38. The molecular formula is C15H12ClN3O3. The van der Waals surface area contributed by atoms with Crippen LogP contribution in [-0.2, 0) is 0 Å². The van der Waals surface area contributed by atoms with Crippen molar-refractivity contribution in [2.45, 2.75) is 13.1 Å². The molecule has 0 saturated heterocycles. The summed E-state index contributed by atoms with van der Waals surface area (Å²) in [7, 11) is 0. The molecule has 0 aromatic carbocycles. The largest absolute Gasteiger partial charge is 0.465 e. The Morgan fingerprint density at radius 1 is 1.36 bits per heavy atom. The van der Waals surface area contributed by atoms with Crippen LogP contribution in [0.5, 0.6) is 0 Å². The van der Waals surface area contributed by atoms with Gasteiger partial charge < -0.3 is 5.11 Å². The molecule has 3 rings (SSSR count). The fourth-order valence-electron chi connectivity index (χ4n) is 2.63. The number of Topliss-reactive ketones (excluding diaryl/α,β-unsaturated/α-hetero) is 1. The van der Waals surface area contributed by atoms with Gasteiger partial charge in [0.05, 0.1) is 5.69 Å². The number of nitrogens with zero attached hydrogens (tertiary/aromatic N) is 3. The third-order valence-corrected chi connectivity index (χ3v) is 3.88. The number of aromatic nitrogens is 1. The highest BCUT2D eigenvalue weighted by molar-refractivity contribution is 6.29. The van der Waals surface area contributed by atoms with E-state index in [1.54, 1.807) is 31.2 Å². The smallest absolute Gasteiger partial charge is 0.413 e. The summed E-state index contributed by atoms with van der Waals surface area (Å²) in [6.07, 6.45) is 4.61. The lowest BCUT2D eigenvalue weighted by Crippen LogP contribution is -2.35. The molecule has 0 radical (unpaired) electrons. The minimum Gasteiger partial charge on any atom is -0.465 e. The molecule has 0 spiro atoms. The first-order valence-electron chi connectivity index (χ1n) is 6.60. The van der Waals surface area contributed by atoms with E-state index in [-0.39, 0.29) is 11.7 Å². The zero-order valence-electron chi connectivity index (χ0n) is 11.6. The Hall–Kier alpha value is -2.47. The van der Waals surface area contributed by atoms with Gasteiger partial charge in [0.25, 0.3) is 0 Å². The number of ketones is 1. The van der Waals surface area contributed by atoms with Crippen LogP contribution in [0.3, 0.4) is 0 Å². The summed E-state index contributed by atoms with van der Waals surface area (Å²) in [5.41, 5.74) is 1.30. The molecule has 1 amide bonds. The number of carboxylic acid groups (broad SMARTS) is 1. The van der Waals surface area contributed by atoms with Crippen molar-refractivity contribution in [2.24, 2.45) is 10.9 Å². The van der Waals surface area contributed by atoms with Gasteiger partial charge in [0.15, 0.2) is 5.78 Å². The van der Waals surface area contributed by atoms with Crippen LogP contribution in [0.2, 0.25) is 5.15 Å². The molecule has 0 fully saturated rings. The third kappa shape index (κ3) is 2.31. The molecule has 2 aliphatic rings. The zero-order valence-corrected chi connectivity index (χ0v) is 12.4. The van der Waals surface area contributed by atoms with E-state index in [1.807, 2.05) is 0 Å². The van der Waals surface area contributed by atoms with Crippen molar-refractivity contribution < 1.29 is 14.7 Å². The summed E-state index contributed by atoms with van der Waals surface area (Å²) >= 11 is 5.80. The van der Waals surface area contributed by atoms with E-state index in [0.29, 0.717) is 22.0 Å². The van der Waals surface area contributed by atoms with Crippen LogP contribution in [0.25, 0.3) is 0 Å². The molecule has 0 bridgehead atoms. The van der Waals surface area contributed by atoms with Crippen molar-refractivity contribution in [1.82, 2.24) is 9.88 Å². The second-order valence-electron chi connectivity index (χ2n) is 4.99. The number of dihydropyridines is 1. The van der Waals surface area contributed by atoms with E-state index >= 15 is 0 Å². The van der Waals surface area contributed by atoms with Crippen LogP contribution < -0.4 is 0 Å². The highest BCUT2D eigenvalue weighted by atomic mass is 35.5. The van der Waals surface area contributed by atoms with Crippen molar-refractivity contribution in [3.05, 3.63) is 52.5 Å². The molecule has 0 saturated carbocycles. The number of rotatable bonds is 2. The number of allylic oxidation sites excluding steroid dienone is 1. The van der Waals surface area contributed by atoms with Crippen LogP contribution in [0.15, 0.2) is 41.1 Å². The topological polar surface area (TPSA) is 82.9 Å². The number of aryl methyl sites for hydroxylation is 1. The zero-order chi connectivity index (χ0) is 15.9. The first-order valence-corrected chi connectivity index (χ1v) is 6.97. The molecule has 2 atom stereocenters. The van der Waals surface area contributed by atoms with Crippen molar-refractivity contribution >= 4 is 29.7 Å². The minimum absolute atomic E-state index is 0.262. The molecular weight excluding hydrogens is 306 g/mol. The van der Waals surface area contributed by atoms with Crippen molar-refractivity contribution in [3.8, 4) is 0 Å². The predicted molar refractivity (Wildman–Crippen MR) is 81.2 cm³/mol. The van der Waals surface area contributed by atoms with E-state index in [9.17, 15) is 14.7 Å². The molecule has 7 heteroatoms. The monoisotopic (exact) mass is 317 g/mol. The van der Waals surface area contributed by atoms with Crippen molar-refractivity contribution in [1.29, 1.82) is 0 Å². The SMILES string of the molecule is Cc1nc(Cl)ccc1C(=O)C1=CN(C(=O)O)C2N=CC=CC12. The summed E-state index contributed by atoms with van der Waals surface area (Å²) in [6, 6.07) is 3.14. The number of amides is 1. The normalized spacial score (nSPS) is 22.5. The van der Waals surface area contributed by atoms with Crippen LogP contribution in [0, 0.1) is 12.8 Å². The number of halogens is 1. The molecule has 1 aromatic rings. The molecule has 1 N–H and O–H groups in total. The lowest BCUT2D eigenvalue weighted by molar-refractivity contribution is 0.102. The molecule has 2 aliphatic heterocycles. The summed E-state index contributed by atoms with van der Waals surface area (Å²) in [5, 5.41) is 9.56. The minimum atomic E-state index is -1.14. The fourth-order valence-corrected chi connectivity index (χ4v) is 2.81. The number of carbonyl (C=O) groups excluding carboxylic acids is 1. The van der Waals surface area contributed by atoms with E-state index in [4.69, 9.17) is 11.6 Å². The van der Waals surface area contributed by atoms with Crippen LogP contribution >= 0.6 is 11.6 Å². The van der Waals surface area contributed by atoms with Gasteiger partial charge in [-0.15, -0.1) is 0 Å². The molecule has 22 heavy (non-hydrogen) atoms. The first kappa shape index (κ1) is 14.5. The summed E-state index contributed by atoms with van der Waals surface area (Å²) in [4.78, 5) is 33.3. The third-order valence-electron chi connectivity index (χ3n) is 3.67. The molecule has 3 heterocycles. The number of hydrogen-bond acceptors (Lipinski definition) is 4. The number of fused-ring (bicyclic) bond motifs is 1. The Kier molecular flexibility index (Phi) is 3.54. The maximum Gasteiger partial charge on any atom is 0.413 e. The van der Waals surface area contributed by atoms with Gasteiger partial charge in [0, 0.05) is 29.5 Å². The van der Waals surface area contributed by atoms with Gasteiger partial charge in [0.2, 0.25) is 0 Å². The molecule has 0 aliphatic carbocycles. The highest BCUT2D eigenvalue weighted by Crippen LogP contribution is 2.34. The predicted octanol–water partition coefficient (Wildman–Crippen LogP) is 2.69. The molecule has 112 valence electrons. The van der Waals surface area contributed by atoms with Gasteiger partial charge in [-0.05, 0) is 25.1 Å². The lowest BCUT2D eigenvalue weighted by atomic mass is 9.91. The van der Waals surface area contributed by atoms with E-state index in [2.05, 4.69) is 9.98 Å². The van der Waals surface area contributed by atoms with Crippen molar-refractivity contribution in [2.75, 3.05) is 0 Å². The maximum absolute atomic E-state index is 12.7. The lowest BCUT2D eigenvalue weighted by Gasteiger charge is -2.22. The van der Waals surface area contributed by atoms with Gasteiger partial charge in [-0.2, -0.15) is 0 Å². The van der Waals surface area contributed by atoms with Gasteiger partial charge in [-0.25, -0.2) is 9.78 Å². The number of pyridine rings is 1. The molecule has 6 nitrogen and oxygen atoms in total. The Morgan fingerprint density at radius 2 is 2.14 bits per heavy atom. The van der Waals surface area contributed by atoms with E-state index in [1.165, 1.54) is 12.4 Å². The average Bonchev–Trinajstić information content (AvgIpc) is 2.86. The van der Waals surface area contributed by atoms with E-state index < -0.39 is 12.3 Å². The van der Waals surface area contributed by atoms with Gasteiger partial charge in [-0.3, -0.25) is 14.7 Å². The van der Waals surface area contributed by atoms with Crippen LogP contribution in [0.1, 0.15) is 16.1 Å². The fraction of sp³-hybridized carbons (Fsp3) is 0.200. The standard InChI is InChI=1S/C15H12ClN3O3/c1-8-9(4-5-12(16)18-8)13(20)11-7-19(15(21)22)14-10(11)3-2-6-17-14/h2-7,10,14H,1H3,(H,21,22). The van der Waals surface area contributed by atoms with Crippen LogP contribution in [-0.4, -0.2) is 39.2 Å². The number of aliphatic imine (C=N–C) groups is 1. The van der Waals surface area contributed by atoms with Gasteiger partial charge >= 0.3 is 6.09 Å². The Labute approximate surface area is 131 Å². The highest BCUT2D eigenvalue weighted by Gasteiger charge is 2.40. The van der Waals surface area contributed by atoms with Gasteiger partial charge in [0.1, 0.15) is 11.3 Å².